The van der Waals surface area contributed by atoms with Crippen LogP contribution < -0.4 is 25.5 Å². The van der Waals surface area contributed by atoms with Gasteiger partial charge in [0.25, 0.3) is 0 Å². The molecule has 5 aromatic rings. The summed E-state index contributed by atoms with van der Waals surface area (Å²) in [6, 6.07) is 16.2. The molecule has 0 radical (unpaired) electrons. The van der Waals surface area contributed by atoms with E-state index >= 15 is 4.39 Å². The van der Waals surface area contributed by atoms with Crippen LogP contribution in [0.15, 0.2) is 54.9 Å². The second kappa shape index (κ2) is 14.5. The number of nitrogens with zero attached hydrogens (tertiary/aromatic N) is 7. The van der Waals surface area contributed by atoms with E-state index in [1.165, 1.54) is 35.4 Å². The first-order valence-corrected chi connectivity index (χ1v) is 15.5. The molecule has 3 aromatic heterocycles. The maximum absolute atomic E-state index is 15.3. The van der Waals surface area contributed by atoms with Gasteiger partial charge in [-0.3, -0.25) is 18.7 Å². The number of benzene rings is 2. The number of hydrogen-bond acceptors (Lipinski definition) is 9. The molecule has 0 saturated carbocycles. The lowest BCUT2D eigenvalue weighted by Gasteiger charge is -2.34. The monoisotopic (exact) mass is 666 g/mol. The molecule has 2 aromatic carbocycles. The summed E-state index contributed by atoms with van der Waals surface area (Å²) in [4.78, 5) is 35.9. The van der Waals surface area contributed by atoms with Crippen LogP contribution in [0.5, 0.6) is 11.6 Å². The van der Waals surface area contributed by atoms with Crippen molar-refractivity contribution in [2.75, 3.05) is 43.4 Å². The van der Waals surface area contributed by atoms with Crippen molar-refractivity contribution >= 4 is 52.8 Å². The zero-order valence-electron chi connectivity index (χ0n) is 27.9. The van der Waals surface area contributed by atoms with Gasteiger partial charge in [0, 0.05) is 73.4 Å². The summed E-state index contributed by atoms with van der Waals surface area (Å²) >= 11 is 0. The SMILES string of the molecule is C=c1/c(=C/F)cc(C)n1C(C)=O.CC(=O)n1c(C)cc2c(F)c(Oc3ncnc(Nc4ccc(N5CCN(C)CC5)cc4)c3C#N)ccc21. The summed E-state index contributed by atoms with van der Waals surface area (Å²) < 4.78 is 36.0. The number of fused-ring (bicyclic) bond motifs is 1. The highest BCUT2D eigenvalue weighted by Crippen LogP contribution is 2.34. The third kappa shape index (κ3) is 7.19. The van der Waals surface area contributed by atoms with Crippen LogP contribution in [0.2, 0.25) is 0 Å². The molecule has 11 nitrogen and oxygen atoms in total. The average molecular weight is 667 g/mol. The second-order valence-electron chi connectivity index (χ2n) is 11.7. The Balaban J connectivity index is 0.000000330. The normalized spacial score (nSPS) is 13.5. The fraction of sp³-hybridized carbons (Fsp3) is 0.250. The van der Waals surface area contributed by atoms with Gasteiger partial charge in [-0.2, -0.15) is 5.26 Å². The Labute approximate surface area is 282 Å². The number of likely N-dealkylation sites (N-methyl/N-ethyl adjacent to an activating group) is 1. The van der Waals surface area contributed by atoms with Gasteiger partial charge in [0.1, 0.15) is 12.4 Å². The van der Waals surface area contributed by atoms with Crippen LogP contribution in [0.3, 0.4) is 0 Å². The van der Waals surface area contributed by atoms with Gasteiger partial charge < -0.3 is 19.9 Å². The third-order valence-electron chi connectivity index (χ3n) is 8.27. The maximum atomic E-state index is 15.3. The van der Waals surface area contributed by atoms with Gasteiger partial charge in [-0.25, -0.2) is 18.7 Å². The predicted octanol–water partition coefficient (Wildman–Crippen LogP) is 5.27. The second-order valence-corrected chi connectivity index (χ2v) is 11.7. The van der Waals surface area contributed by atoms with Gasteiger partial charge in [-0.15, -0.1) is 0 Å². The van der Waals surface area contributed by atoms with E-state index in [1.807, 2.05) is 24.3 Å². The van der Waals surface area contributed by atoms with Crippen LogP contribution in [0.1, 0.15) is 40.4 Å². The Kier molecular flexibility index (Phi) is 10.2. The lowest BCUT2D eigenvalue weighted by molar-refractivity contribution is 0.0926. The van der Waals surface area contributed by atoms with Crippen LogP contribution in [0.25, 0.3) is 23.8 Å². The fourth-order valence-corrected chi connectivity index (χ4v) is 5.81. The summed E-state index contributed by atoms with van der Waals surface area (Å²) in [5, 5.41) is 14.0. The number of anilines is 3. The van der Waals surface area contributed by atoms with Crippen molar-refractivity contribution in [3.05, 3.63) is 88.2 Å². The minimum atomic E-state index is -0.642. The highest BCUT2D eigenvalue weighted by Gasteiger charge is 2.20. The number of halogens is 2. The van der Waals surface area contributed by atoms with Gasteiger partial charge >= 0.3 is 0 Å². The van der Waals surface area contributed by atoms with E-state index in [4.69, 9.17) is 4.74 Å². The molecule has 1 fully saturated rings. The van der Waals surface area contributed by atoms with Crippen LogP contribution in [0, 0.1) is 31.0 Å². The minimum absolute atomic E-state index is 0.0441. The molecule has 0 spiro atoms. The summed E-state index contributed by atoms with van der Waals surface area (Å²) in [5.74, 6) is -0.932. The van der Waals surface area contributed by atoms with Gasteiger partial charge in [0.05, 0.1) is 17.2 Å². The molecule has 0 unspecified atom stereocenters. The van der Waals surface area contributed by atoms with E-state index in [-0.39, 0.29) is 40.2 Å². The van der Waals surface area contributed by atoms with Gasteiger partial charge in [0.2, 0.25) is 17.7 Å². The standard InChI is InChI=1S/C27H26FN7O2.C9H10FNO/c1-17-14-21-23(35(17)18(2)36)8-9-24(25(21)28)37-27-22(15-29)26(30-16-31-27)32-19-4-6-20(7-5-19)34-12-10-33(3)11-13-34;1-6-4-9(5-10)7(2)11(6)8(3)12/h4-9,14,16H,10-13H2,1-3H3,(H,30,31,32);4-5H,2H2,1,3H3/b;9-5+. The van der Waals surface area contributed by atoms with E-state index in [0.29, 0.717) is 33.8 Å². The number of aryl methyl sites for hydroxylation is 2. The lowest BCUT2D eigenvalue weighted by atomic mass is 10.2. The molecule has 1 aliphatic heterocycles. The van der Waals surface area contributed by atoms with Gasteiger partial charge in [-0.1, -0.05) is 6.58 Å². The van der Waals surface area contributed by atoms with E-state index in [1.54, 1.807) is 32.0 Å². The quantitative estimate of drug-likeness (QED) is 0.267. The Hall–Kier alpha value is -5.87. The summed E-state index contributed by atoms with van der Waals surface area (Å²) in [7, 11) is 2.12. The molecule has 13 heteroatoms. The maximum Gasteiger partial charge on any atom is 0.242 e. The zero-order valence-corrected chi connectivity index (χ0v) is 27.9. The molecule has 49 heavy (non-hydrogen) atoms. The Morgan fingerprint density at radius 1 is 0.980 bits per heavy atom. The number of nitriles is 1. The van der Waals surface area contributed by atoms with Crippen molar-refractivity contribution in [2.45, 2.75) is 27.7 Å². The molecule has 0 aliphatic carbocycles. The number of ether oxygens (including phenoxy) is 1. The number of carbonyl (C=O) groups excluding carboxylic acids is 2. The number of nitrogens with one attached hydrogen (secondary N) is 1. The topological polar surface area (TPSA) is 121 Å². The Morgan fingerprint density at radius 3 is 2.20 bits per heavy atom. The van der Waals surface area contributed by atoms with Crippen molar-refractivity contribution in [3.8, 4) is 17.7 Å². The Bertz CT molecular complexity index is 2190. The number of carbonyl (C=O) groups is 2. The molecule has 1 saturated heterocycles. The van der Waals surface area contributed by atoms with Crippen molar-refractivity contribution < 1.29 is 23.1 Å². The first-order chi connectivity index (χ1) is 23.4. The largest absolute Gasteiger partial charge is 0.434 e. The highest BCUT2D eigenvalue weighted by atomic mass is 19.1. The van der Waals surface area contributed by atoms with E-state index in [2.05, 4.69) is 44.8 Å². The highest BCUT2D eigenvalue weighted by molar-refractivity contribution is 5.93. The molecule has 252 valence electrons. The molecule has 0 amide bonds. The minimum Gasteiger partial charge on any atom is -0.434 e. The Morgan fingerprint density at radius 2 is 1.63 bits per heavy atom. The predicted molar refractivity (Wildman–Crippen MR) is 185 cm³/mol. The van der Waals surface area contributed by atoms with Gasteiger partial charge in [0.15, 0.2) is 22.9 Å². The molecular weight excluding hydrogens is 630 g/mol. The number of hydrogen-bond donors (Lipinski definition) is 1. The molecular formula is C36H36F2N8O3. The van der Waals surface area contributed by atoms with Crippen molar-refractivity contribution in [3.63, 3.8) is 0 Å². The summed E-state index contributed by atoms with van der Waals surface area (Å²) in [6.45, 7) is 13.9. The van der Waals surface area contributed by atoms with Crippen LogP contribution >= 0.6 is 0 Å². The first kappa shape index (κ1) is 34.5. The third-order valence-corrected chi connectivity index (χ3v) is 8.27. The number of aromatic nitrogens is 4. The van der Waals surface area contributed by atoms with Crippen molar-refractivity contribution in [1.29, 1.82) is 5.26 Å². The molecule has 1 aliphatic rings. The number of piperazine rings is 1. The molecule has 1 N–H and O–H groups in total. The lowest BCUT2D eigenvalue weighted by Crippen LogP contribution is -2.44. The smallest absolute Gasteiger partial charge is 0.242 e. The molecule has 4 heterocycles. The molecule has 6 rings (SSSR count). The van der Waals surface area contributed by atoms with Crippen LogP contribution in [-0.2, 0) is 0 Å². The fourth-order valence-electron chi connectivity index (χ4n) is 5.81. The van der Waals surface area contributed by atoms with Crippen LogP contribution in [0.4, 0.5) is 26.0 Å². The van der Waals surface area contributed by atoms with Crippen LogP contribution in [-0.4, -0.2) is 69.0 Å². The molecule has 0 atom stereocenters. The van der Waals surface area contributed by atoms with E-state index in [0.717, 1.165) is 37.6 Å². The van der Waals surface area contributed by atoms with Gasteiger partial charge in [-0.05, 0) is 69.4 Å². The summed E-state index contributed by atoms with van der Waals surface area (Å²) in [5.41, 5.74) is 3.68. The van der Waals surface area contributed by atoms with E-state index < -0.39 is 5.82 Å². The zero-order chi connectivity index (χ0) is 35.4. The average Bonchev–Trinajstić information content (AvgIpc) is 3.58. The number of rotatable bonds is 5. The van der Waals surface area contributed by atoms with Crippen molar-refractivity contribution in [1.82, 2.24) is 24.0 Å². The van der Waals surface area contributed by atoms with E-state index in [9.17, 15) is 19.2 Å². The molecule has 0 bridgehead atoms. The van der Waals surface area contributed by atoms with Crippen molar-refractivity contribution in [2.24, 2.45) is 0 Å². The summed E-state index contributed by atoms with van der Waals surface area (Å²) in [6.07, 6.45) is 1.71. The first-order valence-electron chi connectivity index (χ1n) is 15.5.